The molecule has 0 bridgehead atoms. The molecule has 1 heterocycles. The van der Waals surface area contributed by atoms with Crippen LogP contribution in [0.5, 0.6) is 5.75 Å². The molecule has 1 aromatic carbocycles. The van der Waals surface area contributed by atoms with Gasteiger partial charge in [-0.2, -0.15) is 8.78 Å². The Hall–Kier alpha value is -1.94. The number of benzene rings is 1. The number of alkyl halides is 2. The van der Waals surface area contributed by atoms with Crippen LogP contribution < -0.4 is 15.4 Å². The van der Waals surface area contributed by atoms with E-state index in [1.54, 1.807) is 12.1 Å². The molecule has 2 rings (SSSR count). The van der Waals surface area contributed by atoms with Crippen molar-refractivity contribution >= 4 is 15.8 Å². The summed E-state index contributed by atoms with van der Waals surface area (Å²) in [5.74, 6) is 1.08. The fourth-order valence-corrected chi connectivity index (χ4v) is 4.13. The summed E-state index contributed by atoms with van der Waals surface area (Å²) in [5.41, 5.74) is 1.52. The van der Waals surface area contributed by atoms with E-state index in [9.17, 15) is 17.2 Å². The van der Waals surface area contributed by atoms with E-state index in [0.29, 0.717) is 44.2 Å². The highest BCUT2D eigenvalue weighted by Gasteiger charge is 2.21. The highest BCUT2D eigenvalue weighted by atomic mass is 32.2. The van der Waals surface area contributed by atoms with Crippen molar-refractivity contribution in [3.8, 4) is 5.75 Å². The Morgan fingerprint density at radius 2 is 2.00 bits per heavy atom. The number of guanidine groups is 1. The minimum Gasteiger partial charge on any atom is -0.434 e. The monoisotopic (exact) mass is 418 g/mol. The normalized spacial score (nSPS) is 17.5. The van der Waals surface area contributed by atoms with Gasteiger partial charge in [-0.15, -0.1) is 0 Å². The molecule has 1 aliphatic heterocycles. The van der Waals surface area contributed by atoms with Crippen LogP contribution in [-0.4, -0.2) is 70.1 Å². The predicted molar refractivity (Wildman–Crippen MR) is 106 cm³/mol. The zero-order valence-electron chi connectivity index (χ0n) is 16.2. The lowest BCUT2D eigenvalue weighted by Gasteiger charge is -2.26. The molecule has 0 spiro atoms. The Morgan fingerprint density at radius 3 is 2.64 bits per heavy atom. The molecule has 0 radical (unpaired) electrons. The van der Waals surface area contributed by atoms with Gasteiger partial charge in [0, 0.05) is 38.3 Å². The molecule has 0 unspecified atom stereocenters. The summed E-state index contributed by atoms with van der Waals surface area (Å²) >= 11 is 0. The first kappa shape index (κ1) is 22.4. The van der Waals surface area contributed by atoms with Crippen molar-refractivity contribution in [3.05, 3.63) is 29.3 Å². The van der Waals surface area contributed by atoms with Crippen LogP contribution >= 0.6 is 0 Å². The summed E-state index contributed by atoms with van der Waals surface area (Å²) in [6.45, 7) is 4.15. The van der Waals surface area contributed by atoms with E-state index < -0.39 is 16.4 Å². The largest absolute Gasteiger partial charge is 0.434 e. The maximum atomic E-state index is 12.6. The van der Waals surface area contributed by atoms with Gasteiger partial charge in [0.2, 0.25) is 0 Å². The molecule has 0 aromatic heterocycles. The van der Waals surface area contributed by atoms with Crippen molar-refractivity contribution in [2.24, 2.45) is 4.99 Å². The maximum absolute atomic E-state index is 12.6. The van der Waals surface area contributed by atoms with E-state index in [2.05, 4.69) is 25.3 Å². The van der Waals surface area contributed by atoms with Crippen LogP contribution in [0.4, 0.5) is 8.78 Å². The molecule has 28 heavy (non-hydrogen) atoms. The number of hydrogen-bond acceptors (Lipinski definition) is 5. The fraction of sp³-hybridized carbons (Fsp3) is 0.611. The van der Waals surface area contributed by atoms with Crippen LogP contribution in [0, 0.1) is 6.92 Å². The number of ether oxygens (including phenoxy) is 1. The average Bonchev–Trinajstić information content (AvgIpc) is 2.62. The summed E-state index contributed by atoms with van der Waals surface area (Å²) < 4.78 is 52.7. The Kier molecular flexibility index (Phi) is 8.43. The molecule has 7 nitrogen and oxygen atoms in total. The Bertz CT molecular complexity index is 758. The Morgan fingerprint density at radius 1 is 1.29 bits per heavy atom. The van der Waals surface area contributed by atoms with Gasteiger partial charge in [0.15, 0.2) is 15.8 Å². The second-order valence-corrected chi connectivity index (χ2v) is 8.91. The first-order valence-electron chi connectivity index (χ1n) is 9.28. The number of nitrogens with one attached hydrogen (secondary N) is 2. The third-order valence-corrected chi connectivity index (χ3v) is 5.95. The summed E-state index contributed by atoms with van der Waals surface area (Å²) in [5, 5.41) is 6.31. The quantitative estimate of drug-likeness (QED) is 0.490. The van der Waals surface area contributed by atoms with E-state index in [1.807, 2.05) is 13.8 Å². The topological polar surface area (TPSA) is 83.0 Å². The Labute approximate surface area is 165 Å². The van der Waals surface area contributed by atoms with Crippen molar-refractivity contribution in [1.82, 2.24) is 15.5 Å². The molecule has 0 atom stereocenters. The first-order valence-corrected chi connectivity index (χ1v) is 11.1. The third kappa shape index (κ3) is 7.59. The van der Waals surface area contributed by atoms with Gasteiger partial charge in [-0.3, -0.25) is 4.90 Å². The lowest BCUT2D eigenvalue weighted by atomic mass is 10.1. The summed E-state index contributed by atoms with van der Waals surface area (Å²) in [6, 6.07) is 5.02. The minimum absolute atomic E-state index is 0.120. The van der Waals surface area contributed by atoms with Crippen LogP contribution in [0.2, 0.25) is 0 Å². The van der Waals surface area contributed by atoms with Crippen molar-refractivity contribution in [3.63, 3.8) is 0 Å². The second kappa shape index (κ2) is 10.6. The summed E-state index contributed by atoms with van der Waals surface area (Å²) in [7, 11) is -2.88. The molecule has 0 aliphatic carbocycles. The van der Waals surface area contributed by atoms with Crippen molar-refractivity contribution in [2.45, 2.75) is 27.0 Å². The van der Waals surface area contributed by atoms with Gasteiger partial charge in [0.05, 0.1) is 18.1 Å². The molecular formula is C18H28F2N4O3S. The number of rotatable bonds is 8. The van der Waals surface area contributed by atoms with Gasteiger partial charge in [-0.05, 0) is 19.9 Å². The van der Waals surface area contributed by atoms with Crippen LogP contribution in [0.1, 0.15) is 18.1 Å². The van der Waals surface area contributed by atoms with Crippen molar-refractivity contribution < 1.29 is 21.9 Å². The lowest BCUT2D eigenvalue weighted by Crippen LogP contribution is -2.45. The van der Waals surface area contributed by atoms with E-state index in [-0.39, 0.29) is 23.8 Å². The average molecular weight is 419 g/mol. The van der Waals surface area contributed by atoms with Crippen LogP contribution in [0.3, 0.4) is 0 Å². The fourth-order valence-electron chi connectivity index (χ4n) is 2.85. The standard InChI is InChI=1S/C18H28F2N4O3S/c1-3-21-18(22-6-7-24-8-10-28(25,26)11-9-24)23-13-15-12-14(2)4-5-16(15)27-17(19)20/h4-5,12,17H,3,6-11,13H2,1-2H3,(H2,21,22,23). The van der Waals surface area contributed by atoms with Crippen molar-refractivity contribution in [2.75, 3.05) is 44.2 Å². The van der Waals surface area contributed by atoms with Crippen molar-refractivity contribution in [1.29, 1.82) is 0 Å². The number of aliphatic imine (C=N–C) groups is 1. The molecular weight excluding hydrogens is 390 g/mol. The molecule has 1 saturated heterocycles. The minimum atomic E-state index is -2.88. The summed E-state index contributed by atoms with van der Waals surface area (Å²) in [6.07, 6.45) is 0. The lowest BCUT2D eigenvalue weighted by molar-refractivity contribution is -0.0504. The first-order chi connectivity index (χ1) is 13.3. The van der Waals surface area contributed by atoms with Crippen LogP contribution in [0.25, 0.3) is 0 Å². The summed E-state index contributed by atoms with van der Waals surface area (Å²) in [4.78, 5) is 6.54. The highest BCUT2D eigenvalue weighted by molar-refractivity contribution is 7.91. The van der Waals surface area contributed by atoms with E-state index in [0.717, 1.165) is 5.56 Å². The zero-order valence-corrected chi connectivity index (χ0v) is 17.1. The smallest absolute Gasteiger partial charge is 0.387 e. The number of sulfone groups is 1. The molecule has 10 heteroatoms. The molecule has 0 saturated carbocycles. The van der Waals surface area contributed by atoms with Crippen LogP contribution in [0.15, 0.2) is 23.2 Å². The van der Waals surface area contributed by atoms with Gasteiger partial charge in [-0.25, -0.2) is 13.4 Å². The zero-order chi connectivity index (χ0) is 20.6. The highest BCUT2D eigenvalue weighted by Crippen LogP contribution is 2.22. The van der Waals surface area contributed by atoms with Gasteiger partial charge < -0.3 is 15.4 Å². The number of nitrogens with zero attached hydrogens (tertiary/aromatic N) is 2. The van der Waals surface area contributed by atoms with Gasteiger partial charge >= 0.3 is 6.61 Å². The predicted octanol–water partition coefficient (Wildman–Crippen LogP) is 1.38. The molecule has 1 fully saturated rings. The van der Waals surface area contributed by atoms with Gasteiger partial charge in [0.25, 0.3) is 0 Å². The van der Waals surface area contributed by atoms with Gasteiger partial charge in [-0.1, -0.05) is 17.7 Å². The van der Waals surface area contributed by atoms with Crippen LogP contribution in [-0.2, 0) is 16.4 Å². The molecule has 158 valence electrons. The molecule has 1 aliphatic rings. The molecule has 1 aromatic rings. The number of aryl methyl sites for hydroxylation is 1. The molecule has 0 amide bonds. The third-order valence-electron chi connectivity index (χ3n) is 4.34. The Balaban J connectivity index is 1.92. The number of halogens is 2. The van der Waals surface area contributed by atoms with E-state index >= 15 is 0 Å². The second-order valence-electron chi connectivity index (χ2n) is 6.61. The van der Waals surface area contributed by atoms with E-state index in [4.69, 9.17) is 0 Å². The maximum Gasteiger partial charge on any atom is 0.387 e. The van der Waals surface area contributed by atoms with E-state index in [1.165, 1.54) is 6.07 Å². The molecule has 2 N–H and O–H groups in total. The van der Waals surface area contributed by atoms with Gasteiger partial charge in [0.1, 0.15) is 5.75 Å². The SMILES string of the molecule is CCNC(=NCc1cc(C)ccc1OC(F)F)NCCN1CCS(=O)(=O)CC1. The number of hydrogen-bond donors (Lipinski definition) is 2.